The van der Waals surface area contributed by atoms with Crippen molar-refractivity contribution in [3.05, 3.63) is 18.0 Å². The van der Waals surface area contributed by atoms with Crippen LogP contribution in [-0.4, -0.2) is 69.9 Å². The third kappa shape index (κ3) is 5.54. The molecule has 1 aliphatic rings. The molecule has 2 atom stereocenters. The highest BCUT2D eigenvalue weighted by atomic mass is 35.5. The summed E-state index contributed by atoms with van der Waals surface area (Å²) in [5.74, 6) is -0.561. The van der Waals surface area contributed by atoms with Gasteiger partial charge in [-0.15, -0.1) is 24.8 Å². The topological polar surface area (TPSA) is 116 Å². The molecule has 0 spiro atoms. The first-order valence-corrected chi connectivity index (χ1v) is 6.35. The number of hydrogen-bond donors (Lipinski definition) is 3. The highest BCUT2D eigenvalue weighted by Crippen LogP contribution is 2.13. The van der Waals surface area contributed by atoms with Gasteiger partial charge >= 0.3 is 5.97 Å². The highest BCUT2D eigenvalue weighted by Gasteiger charge is 2.28. The van der Waals surface area contributed by atoms with Crippen LogP contribution in [0.5, 0.6) is 0 Å². The summed E-state index contributed by atoms with van der Waals surface area (Å²) < 4.78 is 0. The Morgan fingerprint density at radius 2 is 2.00 bits per heavy atom. The number of rotatable bonds is 5. The van der Waals surface area contributed by atoms with E-state index in [0.717, 1.165) is 5.56 Å². The van der Waals surface area contributed by atoms with E-state index in [1.54, 1.807) is 19.4 Å². The highest BCUT2D eigenvalue weighted by molar-refractivity contribution is 5.85. The number of halogens is 2. The second-order valence-electron chi connectivity index (χ2n) is 5.07. The number of hydrogen-bond acceptors (Lipinski definition) is 7. The number of nitrogens with two attached hydrogens (primary N) is 1. The summed E-state index contributed by atoms with van der Waals surface area (Å²) in [6, 6.07) is -0.211. The number of likely N-dealkylation sites (N-methyl/N-ethyl adjacent to an activating group) is 1. The van der Waals surface area contributed by atoms with Gasteiger partial charge in [-0.25, -0.2) is 9.97 Å². The predicted molar refractivity (Wildman–Crippen MR) is 86.7 cm³/mol. The number of aliphatic carboxylic acids is 1. The molecule has 4 N–H and O–H groups in total. The lowest BCUT2D eigenvalue weighted by Crippen LogP contribution is -2.32. The van der Waals surface area contributed by atoms with Crippen molar-refractivity contribution in [2.24, 2.45) is 5.73 Å². The normalized spacial score (nSPS) is 20.9. The fraction of sp³-hybridized carbons (Fsp3) is 0.583. The fourth-order valence-electron chi connectivity index (χ4n) is 2.18. The molecule has 10 heteroatoms. The molecule has 0 radical (unpaired) electrons. The molecule has 0 aromatic carbocycles. The van der Waals surface area contributed by atoms with Gasteiger partial charge in [-0.1, -0.05) is 0 Å². The standard InChI is InChI=1S/C12H19N5O3.2ClH/c1-16(7-11(19)20)12-14-2-8(3-15-12)4-17-5-9(13)10(18)6-17;;/h2-3,9-10,18H,4-7,13H2,1H3,(H,19,20);2*1H/t9-,10-;;/m1../s1. The molecule has 1 saturated heterocycles. The van der Waals surface area contributed by atoms with Crippen molar-refractivity contribution >= 4 is 36.7 Å². The van der Waals surface area contributed by atoms with Gasteiger partial charge in [0, 0.05) is 50.7 Å². The lowest BCUT2D eigenvalue weighted by atomic mass is 10.2. The quantitative estimate of drug-likeness (QED) is 0.639. The molecule has 2 rings (SSSR count). The van der Waals surface area contributed by atoms with Crippen LogP contribution < -0.4 is 10.6 Å². The Labute approximate surface area is 141 Å². The molecular formula is C12H21Cl2N5O3. The number of carboxylic acids is 1. The Bertz CT molecular complexity index is 466. The lowest BCUT2D eigenvalue weighted by Gasteiger charge is -2.16. The zero-order valence-electron chi connectivity index (χ0n) is 12.1. The zero-order chi connectivity index (χ0) is 14.7. The third-order valence-corrected chi connectivity index (χ3v) is 3.22. The van der Waals surface area contributed by atoms with Crippen LogP contribution >= 0.6 is 24.8 Å². The van der Waals surface area contributed by atoms with Gasteiger partial charge in [0.1, 0.15) is 6.54 Å². The maximum absolute atomic E-state index is 10.6. The fourth-order valence-corrected chi connectivity index (χ4v) is 2.18. The average molecular weight is 354 g/mol. The number of aliphatic hydroxyl groups excluding tert-OH is 1. The summed E-state index contributed by atoms with van der Waals surface area (Å²) in [7, 11) is 1.62. The molecular weight excluding hydrogens is 333 g/mol. The van der Waals surface area contributed by atoms with E-state index in [4.69, 9.17) is 10.8 Å². The number of carboxylic acid groups (broad SMARTS) is 1. The number of aromatic nitrogens is 2. The molecule has 0 saturated carbocycles. The van der Waals surface area contributed by atoms with Gasteiger partial charge in [0.05, 0.1) is 6.10 Å². The van der Waals surface area contributed by atoms with Crippen molar-refractivity contribution in [1.82, 2.24) is 14.9 Å². The lowest BCUT2D eigenvalue weighted by molar-refractivity contribution is -0.135. The first-order valence-electron chi connectivity index (χ1n) is 6.35. The summed E-state index contributed by atoms with van der Waals surface area (Å²) in [4.78, 5) is 22.4. The van der Waals surface area contributed by atoms with Crippen molar-refractivity contribution in [3.8, 4) is 0 Å². The van der Waals surface area contributed by atoms with Gasteiger partial charge in [-0.05, 0) is 0 Å². The number of β-amino-alcohol motifs (C(OH)–C–C–N with tert-alkyl or cyclic N) is 1. The molecule has 1 aromatic heterocycles. The molecule has 0 aliphatic carbocycles. The third-order valence-electron chi connectivity index (χ3n) is 3.22. The summed E-state index contributed by atoms with van der Waals surface area (Å²) in [6.45, 7) is 1.66. The van der Waals surface area contributed by atoms with Crippen molar-refractivity contribution in [2.75, 3.05) is 31.6 Å². The summed E-state index contributed by atoms with van der Waals surface area (Å²) in [5.41, 5.74) is 6.65. The van der Waals surface area contributed by atoms with Crippen LogP contribution in [0.25, 0.3) is 0 Å². The second kappa shape index (κ2) is 9.06. The molecule has 2 heterocycles. The van der Waals surface area contributed by atoms with Crippen LogP contribution in [-0.2, 0) is 11.3 Å². The predicted octanol–water partition coefficient (Wildman–Crippen LogP) is -0.655. The van der Waals surface area contributed by atoms with Crippen molar-refractivity contribution < 1.29 is 15.0 Å². The minimum absolute atomic E-state index is 0. The van der Waals surface area contributed by atoms with Crippen molar-refractivity contribution in [1.29, 1.82) is 0 Å². The van der Waals surface area contributed by atoms with Gasteiger partial charge in [0.15, 0.2) is 0 Å². The average Bonchev–Trinajstić information content (AvgIpc) is 2.68. The number of aliphatic hydroxyl groups is 1. The Balaban J connectivity index is 0.00000220. The van der Waals surface area contributed by atoms with Crippen molar-refractivity contribution in [3.63, 3.8) is 0 Å². The monoisotopic (exact) mass is 353 g/mol. The first-order chi connectivity index (χ1) is 9.45. The van der Waals surface area contributed by atoms with Crippen LogP contribution in [0.2, 0.25) is 0 Å². The van der Waals surface area contributed by atoms with E-state index in [-0.39, 0.29) is 37.4 Å². The van der Waals surface area contributed by atoms with E-state index in [2.05, 4.69) is 9.97 Å². The van der Waals surface area contributed by atoms with E-state index in [1.165, 1.54) is 4.90 Å². The number of nitrogens with zero attached hydrogens (tertiary/aromatic N) is 4. The van der Waals surface area contributed by atoms with E-state index in [0.29, 0.717) is 25.6 Å². The molecule has 0 bridgehead atoms. The Morgan fingerprint density at radius 1 is 1.41 bits per heavy atom. The van der Waals surface area contributed by atoms with E-state index < -0.39 is 12.1 Å². The van der Waals surface area contributed by atoms with Crippen LogP contribution in [0.1, 0.15) is 5.56 Å². The maximum atomic E-state index is 10.6. The van der Waals surface area contributed by atoms with Crippen molar-refractivity contribution in [2.45, 2.75) is 18.7 Å². The first kappa shape index (κ1) is 20.8. The largest absolute Gasteiger partial charge is 0.480 e. The van der Waals surface area contributed by atoms with Gasteiger partial charge in [-0.2, -0.15) is 0 Å². The Morgan fingerprint density at radius 3 is 2.45 bits per heavy atom. The molecule has 0 unspecified atom stereocenters. The minimum atomic E-state index is -0.930. The maximum Gasteiger partial charge on any atom is 0.323 e. The van der Waals surface area contributed by atoms with Gasteiger partial charge in [0.2, 0.25) is 5.95 Å². The summed E-state index contributed by atoms with van der Waals surface area (Å²) in [5, 5.41) is 18.3. The number of likely N-dealkylation sites (tertiary alicyclic amines) is 1. The molecule has 126 valence electrons. The zero-order valence-corrected chi connectivity index (χ0v) is 13.8. The van der Waals surface area contributed by atoms with E-state index >= 15 is 0 Å². The SMILES string of the molecule is CN(CC(=O)O)c1ncc(CN2C[C@@H](N)[C@H](O)C2)cn1.Cl.Cl. The van der Waals surface area contributed by atoms with E-state index in [9.17, 15) is 9.90 Å². The van der Waals surface area contributed by atoms with Crippen LogP contribution in [0.4, 0.5) is 5.95 Å². The minimum Gasteiger partial charge on any atom is -0.480 e. The van der Waals surface area contributed by atoms with Gasteiger partial charge < -0.3 is 20.8 Å². The summed E-state index contributed by atoms with van der Waals surface area (Å²) in [6.07, 6.45) is 2.84. The van der Waals surface area contributed by atoms with Crippen LogP contribution in [0, 0.1) is 0 Å². The van der Waals surface area contributed by atoms with Crippen LogP contribution in [0.3, 0.4) is 0 Å². The molecule has 1 aromatic rings. The van der Waals surface area contributed by atoms with Crippen LogP contribution in [0.15, 0.2) is 12.4 Å². The molecule has 8 nitrogen and oxygen atoms in total. The molecule has 22 heavy (non-hydrogen) atoms. The van der Waals surface area contributed by atoms with Gasteiger partial charge in [0.25, 0.3) is 0 Å². The van der Waals surface area contributed by atoms with E-state index in [1.807, 2.05) is 4.90 Å². The smallest absolute Gasteiger partial charge is 0.323 e. The number of carbonyl (C=O) groups is 1. The van der Waals surface area contributed by atoms with Gasteiger partial charge in [-0.3, -0.25) is 9.69 Å². The second-order valence-corrected chi connectivity index (χ2v) is 5.07. The number of anilines is 1. The molecule has 0 amide bonds. The molecule has 1 fully saturated rings. The Hall–Kier alpha value is -1.19. The Kier molecular flexibility index (Phi) is 8.57. The summed E-state index contributed by atoms with van der Waals surface area (Å²) >= 11 is 0. The molecule has 1 aliphatic heterocycles.